The molecule has 0 N–H and O–H groups in total. The summed E-state index contributed by atoms with van der Waals surface area (Å²) in [5.41, 5.74) is 12.7. The highest BCUT2D eigenvalue weighted by Crippen LogP contribution is 2.34. The largest absolute Gasteiger partial charge is 0.308 e. The molecule has 0 atom stereocenters. The van der Waals surface area contributed by atoms with Gasteiger partial charge in [-0.15, -0.1) is 0 Å². The smallest absolute Gasteiger partial charge is 0.0886 e. The SMILES string of the molecule is c1cc(-c2ccc(-c3ccc(-c4ccc(-n5c6ccccc6c6ccncc65)cc4)cn3)nc2)cc(-n2c3ccccc3c3ccncc32)c1. The van der Waals surface area contributed by atoms with Gasteiger partial charge in [0.1, 0.15) is 0 Å². The van der Waals surface area contributed by atoms with Crippen LogP contribution >= 0.6 is 0 Å². The number of fused-ring (bicyclic) bond motifs is 6. The molecule has 4 aromatic carbocycles. The van der Waals surface area contributed by atoms with Crippen LogP contribution in [0.15, 0.2) is 171 Å². The Labute approximate surface area is 287 Å². The Morgan fingerprint density at radius 3 is 1.44 bits per heavy atom. The Morgan fingerprint density at radius 2 is 0.860 bits per heavy atom. The Hall–Kier alpha value is -6.92. The lowest BCUT2D eigenvalue weighted by Crippen LogP contribution is -1.95. The van der Waals surface area contributed by atoms with E-state index < -0.39 is 0 Å². The van der Waals surface area contributed by atoms with Crippen molar-refractivity contribution in [2.45, 2.75) is 0 Å². The summed E-state index contributed by atoms with van der Waals surface area (Å²) in [7, 11) is 0. The molecule has 6 nitrogen and oxygen atoms in total. The fraction of sp³-hybridized carbons (Fsp3) is 0. The average molecular weight is 641 g/mol. The first-order chi connectivity index (χ1) is 24.8. The molecule has 10 rings (SSSR count). The third-order valence-electron chi connectivity index (χ3n) is 9.64. The molecule has 6 aromatic heterocycles. The van der Waals surface area contributed by atoms with Gasteiger partial charge in [-0.1, -0.05) is 72.8 Å². The van der Waals surface area contributed by atoms with Gasteiger partial charge in [0, 0.05) is 68.8 Å². The Kier molecular flexibility index (Phi) is 6.39. The summed E-state index contributed by atoms with van der Waals surface area (Å²) >= 11 is 0. The van der Waals surface area contributed by atoms with Crippen molar-refractivity contribution in [1.82, 2.24) is 29.1 Å². The predicted octanol–water partition coefficient (Wildman–Crippen LogP) is 10.5. The van der Waals surface area contributed by atoms with Crippen LogP contribution in [0, 0.1) is 0 Å². The van der Waals surface area contributed by atoms with Gasteiger partial charge in [0.25, 0.3) is 0 Å². The molecular formula is C44H28N6. The van der Waals surface area contributed by atoms with Crippen molar-refractivity contribution < 1.29 is 0 Å². The Morgan fingerprint density at radius 1 is 0.340 bits per heavy atom. The van der Waals surface area contributed by atoms with E-state index in [0.29, 0.717) is 0 Å². The lowest BCUT2D eigenvalue weighted by Gasteiger charge is -2.10. The fourth-order valence-electron chi connectivity index (χ4n) is 7.25. The van der Waals surface area contributed by atoms with Gasteiger partial charge in [-0.2, -0.15) is 0 Å². The summed E-state index contributed by atoms with van der Waals surface area (Å²) in [6.45, 7) is 0. The Bertz CT molecular complexity index is 2740. The first-order valence-electron chi connectivity index (χ1n) is 16.6. The normalized spacial score (nSPS) is 11.6. The second kappa shape index (κ2) is 11.4. The van der Waals surface area contributed by atoms with Crippen LogP contribution in [0.3, 0.4) is 0 Å². The highest BCUT2D eigenvalue weighted by Gasteiger charge is 2.14. The molecule has 0 aliphatic carbocycles. The summed E-state index contributed by atoms with van der Waals surface area (Å²) in [5, 5.41) is 4.83. The molecule has 0 radical (unpaired) electrons. The van der Waals surface area contributed by atoms with Crippen LogP contribution in [0.4, 0.5) is 0 Å². The van der Waals surface area contributed by atoms with Crippen molar-refractivity contribution in [3.8, 4) is 45.0 Å². The van der Waals surface area contributed by atoms with Gasteiger partial charge in [0.05, 0.1) is 45.8 Å². The van der Waals surface area contributed by atoms with Crippen LogP contribution in [-0.4, -0.2) is 29.1 Å². The summed E-state index contributed by atoms with van der Waals surface area (Å²) in [6, 6.07) is 46.7. The number of nitrogens with zero attached hydrogens (tertiary/aromatic N) is 6. The minimum Gasteiger partial charge on any atom is -0.308 e. The molecule has 10 aromatic rings. The van der Waals surface area contributed by atoms with E-state index in [4.69, 9.17) is 9.97 Å². The van der Waals surface area contributed by atoms with Gasteiger partial charge in [-0.25, -0.2) is 0 Å². The van der Waals surface area contributed by atoms with Gasteiger partial charge >= 0.3 is 0 Å². The van der Waals surface area contributed by atoms with Crippen molar-refractivity contribution in [3.05, 3.63) is 171 Å². The van der Waals surface area contributed by atoms with Gasteiger partial charge in [0.2, 0.25) is 0 Å². The molecule has 0 unspecified atom stereocenters. The quantitative estimate of drug-likeness (QED) is 0.188. The molecule has 6 heterocycles. The van der Waals surface area contributed by atoms with Gasteiger partial charge in [-0.05, 0) is 71.8 Å². The van der Waals surface area contributed by atoms with Gasteiger partial charge in [0.15, 0.2) is 0 Å². The molecule has 234 valence electrons. The van der Waals surface area contributed by atoms with E-state index >= 15 is 0 Å². The third kappa shape index (κ3) is 4.50. The first kappa shape index (κ1) is 28.1. The van der Waals surface area contributed by atoms with Crippen molar-refractivity contribution in [1.29, 1.82) is 0 Å². The zero-order valence-corrected chi connectivity index (χ0v) is 26.8. The number of hydrogen-bond acceptors (Lipinski definition) is 4. The third-order valence-corrected chi connectivity index (χ3v) is 9.64. The van der Waals surface area contributed by atoms with E-state index in [1.807, 2.05) is 49.3 Å². The monoisotopic (exact) mass is 640 g/mol. The maximum atomic E-state index is 4.82. The topological polar surface area (TPSA) is 61.4 Å². The summed E-state index contributed by atoms with van der Waals surface area (Å²) in [5.74, 6) is 0. The second-order valence-corrected chi connectivity index (χ2v) is 12.5. The van der Waals surface area contributed by atoms with Crippen LogP contribution in [0.1, 0.15) is 0 Å². The van der Waals surface area contributed by atoms with E-state index in [0.717, 1.165) is 61.6 Å². The van der Waals surface area contributed by atoms with Crippen LogP contribution in [-0.2, 0) is 0 Å². The van der Waals surface area contributed by atoms with E-state index in [1.54, 1.807) is 0 Å². The lowest BCUT2D eigenvalue weighted by atomic mass is 10.0. The molecule has 0 spiro atoms. The zero-order valence-electron chi connectivity index (χ0n) is 26.8. The van der Waals surface area contributed by atoms with Crippen molar-refractivity contribution in [3.63, 3.8) is 0 Å². The van der Waals surface area contributed by atoms with Crippen molar-refractivity contribution >= 4 is 43.6 Å². The van der Waals surface area contributed by atoms with Crippen LogP contribution in [0.5, 0.6) is 0 Å². The average Bonchev–Trinajstić information content (AvgIpc) is 3.71. The van der Waals surface area contributed by atoms with Crippen molar-refractivity contribution in [2.24, 2.45) is 0 Å². The summed E-state index contributed by atoms with van der Waals surface area (Å²) < 4.78 is 4.56. The maximum Gasteiger partial charge on any atom is 0.0886 e. The van der Waals surface area contributed by atoms with E-state index in [1.165, 1.54) is 27.1 Å². The number of para-hydroxylation sites is 2. The van der Waals surface area contributed by atoms with Crippen LogP contribution in [0.25, 0.3) is 88.6 Å². The van der Waals surface area contributed by atoms with E-state index in [2.05, 4.69) is 140 Å². The highest BCUT2D eigenvalue weighted by molar-refractivity contribution is 6.09. The molecule has 50 heavy (non-hydrogen) atoms. The molecule has 0 fully saturated rings. The minimum absolute atomic E-state index is 0.834. The Balaban J connectivity index is 0.920. The van der Waals surface area contributed by atoms with Crippen LogP contribution in [0.2, 0.25) is 0 Å². The predicted molar refractivity (Wildman–Crippen MR) is 203 cm³/mol. The molecule has 0 aliphatic heterocycles. The standard InChI is InChI=1S/C44H28N6/c1-3-10-41-35(8-1)37-20-22-45-27-43(37)49(41)33-16-12-29(13-17-33)31-14-18-39(47-25-31)40-19-15-32(26-48-40)30-6-5-7-34(24-30)50-42-11-4-2-9-36(42)38-21-23-46-28-44(38)50/h1-28H. The minimum atomic E-state index is 0.834. The molecule has 6 heteroatoms. The number of rotatable bonds is 5. The van der Waals surface area contributed by atoms with E-state index in [9.17, 15) is 0 Å². The molecule has 0 saturated carbocycles. The number of hydrogen-bond donors (Lipinski definition) is 0. The van der Waals surface area contributed by atoms with Crippen molar-refractivity contribution in [2.75, 3.05) is 0 Å². The first-order valence-corrected chi connectivity index (χ1v) is 16.6. The highest BCUT2D eigenvalue weighted by atomic mass is 15.0. The fourth-order valence-corrected chi connectivity index (χ4v) is 7.25. The summed E-state index contributed by atoms with van der Waals surface area (Å²) in [6.07, 6.45) is 11.4. The molecule has 0 bridgehead atoms. The molecule has 0 saturated heterocycles. The molecular weight excluding hydrogens is 613 g/mol. The summed E-state index contributed by atoms with van der Waals surface area (Å²) in [4.78, 5) is 18.5. The molecule has 0 aliphatic rings. The van der Waals surface area contributed by atoms with Crippen LogP contribution < -0.4 is 0 Å². The lowest BCUT2D eigenvalue weighted by molar-refractivity contribution is 1.16. The zero-order chi connectivity index (χ0) is 33.0. The molecule has 0 amide bonds. The van der Waals surface area contributed by atoms with Gasteiger partial charge < -0.3 is 9.13 Å². The second-order valence-electron chi connectivity index (χ2n) is 12.5. The number of benzene rings is 4. The number of aromatic nitrogens is 6. The maximum absolute atomic E-state index is 4.82. The van der Waals surface area contributed by atoms with Gasteiger partial charge in [-0.3, -0.25) is 19.9 Å². The van der Waals surface area contributed by atoms with E-state index in [-0.39, 0.29) is 0 Å². The number of pyridine rings is 4.